The van der Waals surface area contributed by atoms with Crippen LogP contribution in [0.25, 0.3) is 0 Å². The number of anilines is 1. The molecule has 0 bridgehead atoms. The van der Waals surface area contributed by atoms with Crippen molar-refractivity contribution >= 4 is 30.5 Å². The molecule has 0 saturated carbocycles. The molecule has 0 saturated heterocycles. The van der Waals surface area contributed by atoms with Crippen LogP contribution in [0.2, 0.25) is 5.02 Å². The molecule has 3 rings (SSSR count). The number of benzene rings is 2. The second kappa shape index (κ2) is 9.46. The topological polar surface area (TPSA) is 82.8 Å². The normalized spacial score (nSPS) is 11.4. The fourth-order valence-electron chi connectivity index (χ4n) is 2.71. The molecule has 0 aliphatic carbocycles. The summed E-state index contributed by atoms with van der Waals surface area (Å²) in [4.78, 5) is 4.39. The van der Waals surface area contributed by atoms with E-state index in [2.05, 4.69) is 10.3 Å². The van der Waals surface area contributed by atoms with E-state index in [-0.39, 0.29) is 11.3 Å². The van der Waals surface area contributed by atoms with Gasteiger partial charge in [-0.15, -0.1) is 0 Å². The zero-order valence-corrected chi connectivity index (χ0v) is 18.0. The van der Waals surface area contributed by atoms with Gasteiger partial charge in [-0.05, 0) is 29.3 Å². The summed E-state index contributed by atoms with van der Waals surface area (Å²) >= 11 is 6.21. The Bertz CT molecular complexity index is 998. The van der Waals surface area contributed by atoms with Gasteiger partial charge in [-0.1, -0.05) is 41.9 Å². The molecule has 1 aromatic heterocycles. The summed E-state index contributed by atoms with van der Waals surface area (Å²) in [5.74, 6) is 1.36. The minimum Gasteiger partial charge on any atom is -0.497 e. The smallest absolute Gasteiger partial charge is 0.384 e. The lowest BCUT2D eigenvalue weighted by molar-refractivity contribution is 0.286. The van der Waals surface area contributed by atoms with Crippen molar-refractivity contribution in [3.05, 3.63) is 70.6 Å². The van der Waals surface area contributed by atoms with Crippen LogP contribution in [0, 0.1) is 0 Å². The van der Waals surface area contributed by atoms with Crippen molar-refractivity contribution in [2.24, 2.45) is 0 Å². The van der Waals surface area contributed by atoms with Crippen LogP contribution in [0.5, 0.6) is 5.75 Å². The number of halogens is 1. The predicted molar refractivity (Wildman–Crippen MR) is 112 cm³/mol. The van der Waals surface area contributed by atoms with Crippen LogP contribution in [0.4, 0.5) is 5.88 Å². The lowest BCUT2D eigenvalue weighted by Crippen LogP contribution is -2.15. The van der Waals surface area contributed by atoms with Gasteiger partial charge in [0.25, 0.3) is 0 Å². The summed E-state index contributed by atoms with van der Waals surface area (Å²) in [5.41, 5.74) is 1.91. The van der Waals surface area contributed by atoms with Crippen molar-refractivity contribution in [3.8, 4) is 5.75 Å². The van der Waals surface area contributed by atoms with E-state index in [0.29, 0.717) is 23.9 Å². The first-order valence-corrected chi connectivity index (χ1v) is 10.7. The molecule has 0 aliphatic heterocycles. The van der Waals surface area contributed by atoms with Gasteiger partial charge in [-0.3, -0.25) is 4.57 Å². The molecule has 0 radical (unpaired) electrons. The molecular weight excluding hydrogens is 415 g/mol. The number of methoxy groups -OCH3 is 1. The maximum atomic E-state index is 13.0. The third-order valence-electron chi connectivity index (χ3n) is 4.31. The zero-order chi connectivity index (χ0) is 20.9. The highest BCUT2D eigenvalue weighted by Gasteiger charge is 2.34. The average molecular weight is 437 g/mol. The van der Waals surface area contributed by atoms with E-state index in [9.17, 15) is 4.57 Å². The molecule has 0 aliphatic rings. The molecule has 7 nitrogen and oxygen atoms in total. The van der Waals surface area contributed by atoms with Gasteiger partial charge < -0.3 is 23.5 Å². The Morgan fingerprint density at radius 2 is 1.76 bits per heavy atom. The molecule has 0 spiro atoms. The number of ether oxygens (including phenoxy) is 1. The van der Waals surface area contributed by atoms with Crippen LogP contribution in [0.3, 0.4) is 0 Å². The molecule has 3 aromatic rings. The van der Waals surface area contributed by atoms with Gasteiger partial charge in [0.05, 0.1) is 7.11 Å². The van der Waals surface area contributed by atoms with Crippen molar-refractivity contribution in [2.45, 2.75) is 13.0 Å². The van der Waals surface area contributed by atoms with Gasteiger partial charge >= 0.3 is 7.60 Å². The van der Waals surface area contributed by atoms with Gasteiger partial charge in [0.1, 0.15) is 5.75 Å². The minimum absolute atomic E-state index is 0.0954. The molecule has 0 amide bonds. The maximum Gasteiger partial charge on any atom is 0.384 e. The average Bonchev–Trinajstić information content (AvgIpc) is 3.16. The fraction of sp³-hybridized carbons (Fsp3) is 0.250. The molecule has 9 heteroatoms. The van der Waals surface area contributed by atoms with Gasteiger partial charge in [0, 0.05) is 32.2 Å². The third-order valence-corrected chi connectivity index (χ3v) is 6.46. The molecule has 0 atom stereocenters. The SMILES string of the molecule is COc1ccc(Cc2nc(P(=O)(OC)OC)c(NCc3ccccc3Cl)o2)cc1. The first-order valence-electron chi connectivity index (χ1n) is 8.81. The highest BCUT2D eigenvalue weighted by Crippen LogP contribution is 2.47. The lowest BCUT2D eigenvalue weighted by atomic mass is 10.1. The molecule has 154 valence electrons. The lowest BCUT2D eigenvalue weighted by Gasteiger charge is -2.12. The molecule has 1 heterocycles. The largest absolute Gasteiger partial charge is 0.497 e. The number of aromatic nitrogens is 1. The van der Waals surface area contributed by atoms with E-state index in [1.165, 1.54) is 14.2 Å². The minimum atomic E-state index is -3.62. The molecule has 29 heavy (non-hydrogen) atoms. The first kappa shape index (κ1) is 21.4. The highest BCUT2D eigenvalue weighted by atomic mass is 35.5. The Hall–Kier alpha value is -2.31. The Balaban J connectivity index is 1.88. The van der Waals surface area contributed by atoms with Crippen LogP contribution in [-0.2, 0) is 26.6 Å². The van der Waals surface area contributed by atoms with E-state index < -0.39 is 7.60 Å². The third kappa shape index (κ3) is 5.00. The molecule has 0 unspecified atom stereocenters. The van der Waals surface area contributed by atoms with Crippen molar-refractivity contribution in [1.82, 2.24) is 4.98 Å². The standard InChI is InChI=1S/C20H22ClN2O5P/c1-25-16-10-8-14(9-11-16)12-18-23-20(29(24,26-2)27-3)19(28-18)22-13-15-6-4-5-7-17(15)21/h4-11,22H,12-13H2,1-3H3. The van der Waals surface area contributed by atoms with Crippen LogP contribution < -0.4 is 15.5 Å². The van der Waals surface area contributed by atoms with Gasteiger partial charge in [0.15, 0.2) is 0 Å². The monoisotopic (exact) mass is 436 g/mol. The van der Waals surface area contributed by atoms with Crippen molar-refractivity contribution in [3.63, 3.8) is 0 Å². The highest BCUT2D eigenvalue weighted by molar-refractivity contribution is 7.62. The van der Waals surface area contributed by atoms with Crippen LogP contribution in [0.1, 0.15) is 17.0 Å². The van der Waals surface area contributed by atoms with Gasteiger partial charge in [-0.2, -0.15) is 0 Å². The molecule has 0 fully saturated rings. The molecule has 2 aromatic carbocycles. The van der Waals surface area contributed by atoms with E-state index in [1.807, 2.05) is 42.5 Å². The summed E-state index contributed by atoms with van der Waals surface area (Å²) in [5, 5.41) is 3.72. The van der Waals surface area contributed by atoms with Crippen LogP contribution in [-0.4, -0.2) is 26.3 Å². The summed E-state index contributed by atoms with van der Waals surface area (Å²) in [6.45, 7) is 0.358. The molecule has 1 N–H and O–H groups in total. The number of nitrogens with zero attached hydrogens (tertiary/aromatic N) is 1. The van der Waals surface area contributed by atoms with E-state index in [4.69, 9.17) is 29.8 Å². The number of hydrogen-bond acceptors (Lipinski definition) is 7. The Labute approximate surface area is 174 Å². The van der Waals surface area contributed by atoms with Crippen molar-refractivity contribution in [1.29, 1.82) is 0 Å². The first-order chi connectivity index (χ1) is 14.0. The van der Waals surface area contributed by atoms with Gasteiger partial charge in [0.2, 0.25) is 17.2 Å². The number of nitrogens with one attached hydrogen (secondary N) is 1. The zero-order valence-electron chi connectivity index (χ0n) is 16.3. The summed E-state index contributed by atoms with van der Waals surface area (Å²) in [6, 6.07) is 14.9. The number of oxazole rings is 1. The van der Waals surface area contributed by atoms with Crippen LogP contribution >= 0.6 is 19.2 Å². The Morgan fingerprint density at radius 3 is 2.38 bits per heavy atom. The van der Waals surface area contributed by atoms with Crippen LogP contribution in [0.15, 0.2) is 52.9 Å². The Kier molecular flexibility index (Phi) is 6.98. The van der Waals surface area contributed by atoms with E-state index in [0.717, 1.165) is 16.9 Å². The molecular formula is C20H22ClN2O5P. The van der Waals surface area contributed by atoms with E-state index in [1.54, 1.807) is 13.2 Å². The van der Waals surface area contributed by atoms with Gasteiger partial charge in [-0.25, -0.2) is 4.98 Å². The van der Waals surface area contributed by atoms with Crippen molar-refractivity contribution in [2.75, 3.05) is 26.6 Å². The summed E-state index contributed by atoms with van der Waals surface area (Å²) < 4.78 is 34.2. The fourth-order valence-corrected chi connectivity index (χ4v) is 4.02. The Morgan fingerprint density at radius 1 is 1.07 bits per heavy atom. The number of hydrogen-bond donors (Lipinski definition) is 1. The number of rotatable bonds is 9. The second-order valence-electron chi connectivity index (χ2n) is 6.09. The maximum absolute atomic E-state index is 13.0. The second-order valence-corrected chi connectivity index (χ2v) is 8.65. The quantitative estimate of drug-likeness (QED) is 0.489. The summed E-state index contributed by atoms with van der Waals surface area (Å²) in [6.07, 6.45) is 0.401. The van der Waals surface area contributed by atoms with E-state index >= 15 is 0 Å². The predicted octanol–water partition coefficient (Wildman–Crippen LogP) is 4.65. The van der Waals surface area contributed by atoms with Crippen molar-refractivity contribution < 1.29 is 22.8 Å². The summed E-state index contributed by atoms with van der Waals surface area (Å²) in [7, 11) is 0.600.